The van der Waals surface area contributed by atoms with Gasteiger partial charge in [0, 0.05) is 6.08 Å². The van der Waals surface area contributed by atoms with Gasteiger partial charge in [-0.25, -0.2) is 4.99 Å². The molecule has 0 bridgehead atoms. The Hall–Kier alpha value is -0.590. The molecular formula is C4H5N+. The van der Waals surface area contributed by atoms with E-state index < -0.39 is 0 Å². The van der Waals surface area contributed by atoms with Crippen LogP contribution < -0.4 is 4.99 Å². The first-order valence-corrected chi connectivity index (χ1v) is 1.58. The van der Waals surface area contributed by atoms with E-state index in [4.69, 9.17) is 0 Å². The van der Waals surface area contributed by atoms with Crippen molar-refractivity contribution in [1.82, 2.24) is 0 Å². The lowest BCUT2D eigenvalue weighted by molar-refractivity contribution is -0.390. The van der Waals surface area contributed by atoms with Crippen molar-refractivity contribution in [2.45, 2.75) is 0 Å². The molecule has 5 heavy (non-hydrogen) atoms. The monoisotopic (exact) mass is 67.0 g/mol. The van der Waals surface area contributed by atoms with Crippen LogP contribution in [0.15, 0.2) is 12.2 Å². The predicted molar refractivity (Wildman–Crippen MR) is 20.5 cm³/mol. The van der Waals surface area contributed by atoms with Crippen molar-refractivity contribution in [2.75, 3.05) is 0 Å². The third kappa shape index (κ3) is 0.349. The van der Waals surface area contributed by atoms with Gasteiger partial charge in [0.05, 0.1) is 0 Å². The number of allylic oxidation sites excluding steroid dienone is 1. The Morgan fingerprint density at radius 3 is 2.40 bits per heavy atom. The minimum absolute atomic E-state index is 1.88. The molecule has 1 rings (SSSR count). The van der Waals surface area contributed by atoms with Crippen molar-refractivity contribution in [2.24, 2.45) is 0 Å². The first-order chi connectivity index (χ1) is 2.50. The Morgan fingerprint density at radius 1 is 1.20 bits per heavy atom. The Kier molecular flexibility index (Phi) is 0.537. The second-order valence-electron chi connectivity index (χ2n) is 0.885. The summed E-state index contributed by atoms with van der Waals surface area (Å²) >= 11 is 0. The van der Waals surface area contributed by atoms with Crippen LogP contribution in [0.3, 0.4) is 0 Å². The lowest BCUT2D eigenvalue weighted by atomic mass is 10.6. The molecule has 0 amide bonds. The zero-order valence-corrected chi connectivity index (χ0v) is 2.81. The number of hydrogen-bond donors (Lipinski definition) is 1. The highest BCUT2D eigenvalue weighted by Crippen LogP contribution is 1.64. The normalized spacial score (nSPS) is 17.6. The van der Waals surface area contributed by atoms with Crippen LogP contribution >= 0.6 is 0 Å². The van der Waals surface area contributed by atoms with E-state index in [9.17, 15) is 0 Å². The molecule has 1 aliphatic heterocycles. The molecule has 0 saturated carbocycles. The molecule has 1 heterocycles. The summed E-state index contributed by atoms with van der Waals surface area (Å²) in [6.45, 7) is 1.88. The highest BCUT2D eigenvalue weighted by molar-refractivity contribution is 5.67. The Labute approximate surface area is 31.0 Å². The molecule has 1 nitrogen and oxygen atoms in total. The fourth-order valence-electron chi connectivity index (χ4n) is 0.278. The molecule has 1 heteroatoms. The zero-order valence-electron chi connectivity index (χ0n) is 2.81. The standard InChI is InChI=1S/C4H5N/c1-2-4-5-3-1/h1-5H/q+1. The quantitative estimate of drug-likeness (QED) is 0.368. The van der Waals surface area contributed by atoms with Crippen molar-refractivity contribution >= 4 is 6.21 Å². The summed E-state index contributed by atoms with van der Waals surface area (Å²) in [5.74, 6) is 0. The van der Waals surface area contributed by atoms with Crippen LogP contribution in [-0.2, 0) is 0 Å². The van der Waals surface area contributed by atoms with Crippen LogP contribution in [0.4, 0.5) is 0 Å². The van der Waals surface area contributed by atoms with Crippen molar-refractivity contribution in [3.63, 3.8) is 0 Å². The molecule has 0 saturated heterocycles. The highest BCUT2D eigenvalue weighted by atomic mass is 14.7. The van der Waals surface area contributed by atoms with E-state index in [-0.39, 0.29) is 0 Å². The Bertz CT molecular complexity index is 61.7. The van der Waals surface area contributed by atoms with Crippen LogP contribution in [0.2, 0.25) is 0 Å². The number of rotatable bonds is 0. The molecule has 0 atom stereocenters. The molecule has 0 aromatic heterocycles. The first-order valence-electron chi connectivity index (χ1n) is 1.58. The maximum absolute atomic E-state index is 2.86. The fraction of sp³-hybridized carbons (Fsp3) is 0. The zero-order chi connectivity index (χ0) is 3.54. The van der Waals surface area contributed by atoms with Gasteiger partial charge in [-0.15, -0.1) is 0 Å². The smallest absolute Gasteiger partial charge is 0.234 e. The number of hydrogen-bond acceptors (Lipinski definition) is 0. The molecule has 1 N–H and O–H groups in total. The summed E-state index contributed by atoms with van der Waals surface area (Å²) in [6.07, 6.45) is 5.76. The highest BCUT2D eigenvalue weighted by Gasteiger charge is 1.82. The van der Waals surface area contributed by atoms with Gasteiger partial charge in [-0.05, 0) is 6.08 Å². The van der Waals surface area contributed by atoms with E-state index in [1.165, 1.54) is 0 Å². The molecule has 0 spiro atoms. The van der Waals surface area contributed by atoms with Gasteiger partial charge in [0.1, 0.15) is 0 Å². The van der Waals surface area contributed by atoms with Crippen molar-refractivity contribution < 1.29 is 4.99 Å². The summed E-state index contributed by atoms with van der Waals surface area (Å²) < 4.78 is 0. The van der Waals surface area contributed by atoms with E-state index >= 15 is 0 Å². The molecule has 0 aromatic carbocycles. The molecule has 0 aromatic rings. The summed E-state index contributed by atoms with van der Waals surface area (Å²) in [5, 5.41) is 0. The summed E-state index contributed by atoms with van der Waals surface area (Å²) in [7, 11) is 0. The van der Waals surface area contributed by atoms with E-state index in [0.29, 0.717) is 0 Å². The van der Waals surface area contributed by atoms with E-state index in [1.54, 1.807) is 0 Å². The largest absolute Gasteiger partial charge is 0.235 e. The van der Waals surface area contributed by atoms with E-state index in [2.05, 4.69) is 4.99 Å². The third-order valence-electron chi connectivity index (χ3n) is 0.496. The summed E-state index contributed by atoms with van der Waals surface area (Å²) in [4.78, 5) is 2.86. The SMILES string of the molecule is [CH]1C=CC=[NH+]1. The van der Waals surface area contributed by atoms with Crippen LogP contribution in [0.1, 0.15) is 0 Å². The van der Waals surface area contributed by atoms with Gasteiger partial charge in [-0.2, -0.15) is 0 Å². The minimum Gasteiger partial charge on any atom is -0.235 e. The minimum atomic E-state index is 1.88. The van der Waals surface area contributed by atoms with Crippen molar-refractivity contribution in [1.29, 1.82) is 0 Å². The topological polar surface area (TPSA) is 14.0 Å². The second-order valence-corrected chi connectivity index (χ2v) is 0.885. The maximum atomic E-state index is 2.86. The van der Waals surface area contributed by atoms with Gasteiger partial charge in [-0.1, -0.05) is 0 Å². The fourth-order valence-corrected chi connectivity index (χ4v) is 0.278. The van der Waals surface area contributed by atoms with E-state index in [0.717, 1.165) is 0 Å². The summed E-state index contributed by atoms with van der Waals surface area (Å²) in [5.41, 5.74) is 0. The number of nitrogens with one attached hydrogen (secondary N) is 1. The lowest BCUT2D eigenvalue weighted by Gasteiger charge is -1.49. The predicted octanol–water partition coefficient (Wildman–Crippen LogP) is -1.13. The first kappa shape index (κ1) is 2.64. The van der Waals surface area contributed by atoms with E-state index in [1.807, 2.05) is 24.9 Å². The van der Waals surface area contributed by atoms with Gasteiger partial charge in [0.15, 0.2) is 6.21 Å². The molecule has 0 unspecified atom stereocenters. The van der Waals surface area contributed by atoms with Gasteiger partial charge in [-0.3, -0.25) is 0 Å². The molecular weight excluding hydrogens is 62.1 g/mol. The molecule has 1 aliphatic rings. The molecule has 0 aliphatic carbocycles. The van der Waals surface area contributed by atoms with Crippen LogP contribution in [0.25, 0.3) is 0 Å². The van der Waals surface area contributed by atoms with Crippen LogP contribution in [-0.4, -0.2) is 6.21 Å². The average Bonchev–Trinajstić information content (AvgIpc) is 1.76. The Balaban J connectivity index is 2.61. The average molecular weight is 67.1 g/mol. The van der Waals surface area contributed by atoms with Gasteiger partial charge >= 0.3 is 0 Å². The molecule has 0 fully saturated rings. The van der Waals surface area contributed by atoms with Gasteiger partial charge < -0.3 is 0 Å². The molecule has 1 radical (unpaired) electrons. The Morgan fingerprint density at radius 2 is 2.20 bits per heavy atom. The third-order valence-corrected chi connectivity index (χ3v) is 0.496. The maximum Gasteiger partial charge on any atom is 0.234 e. The van der Waals surface area contributed by atoms with Crippen molar-refractivity contribution in [3.8, 4) is 0 Å². The van der Waals surface area contributed by atoms with Crippen molar-refractivity contribution in [3.05, 3.63) is 18.7 Å². The van der Waals surface area contributed by atoms with Crippen LogP contribution in [0, 0.1) is 6.54 Å². The van der Waals surface area contributed by atoms with Gasteiger partial charge in [0.2, 0.25) is 6.54 Å². The second kappa shape index (κ2) is 1.02. The molecule has 25 valence electrons. The van der Waals surface area contributed by atoms with Crippen LogP contribution in [0.5, 0.6) is 0 Å². The lowest BCUT2D eigenvalue weighted by Crippen LogP contribution is -2.61. The summed E-state index contributed by atoms with van der Waals surface area (Å²) in [6, 6.07) is 0. The van der Waals surface area contributed by atoms with Gasteiger partial charge in [0.25, 0.3) is 0 Å².